The molecule has 17 heavy (non-hydrogen) atoms. The van der Waals surface area contributed by atoms with Gasteiger partial charge in [-0.3, -0.25) is 0 Å². The lowest BCUT2D eigenvalue weighted by Crippen LogP contribution is -2.14. The van der Waals surface area contributed by atoms with Crippen molar-refractivity contribution in [3.05, 3.63) is 21.2 Å². The number of nitrogens with one attached hydrogen (secondary N) is 1. The Hall–Kier alpha value is -0.740. The van der Waals surface area contributed by atoms with E-state index in [0.717, 1.165) is 55.1 Å². The minimum atomic E-state index is 0.788. The number of benzene rings is 1. The van der Waals surface area contributed by atoms with E-state index >= 15 is 0 Å². The third-order valence-electron chi connectivity index (χ3n) is 3.40. The maximum absolute atomic E-state index is 5.81. The van der Waals surface area contributed by atoms with Crippen LogP contribution in [0.5, 0.6) is 11.5 Å². The van der Waals surface area contributed by atoms with Gasteiger partial charge < -0.3 is 14.8 Å². The minimum Gasteiger partial charge on any atom is -0.493 e. The Morgan fingerprint density at radius 3 is 2.59 bits per heavy atom. The van der Waals surface area contributed by atoms with E-state index in [1.54, 1.807) is 0 Å². The molecule has 1 aromatic rings. The van der Waals surface area contributed by atoms with Gasteiger partial charge in [-0.2, -0.15) is 0 Å². The van der Waals surface area contributed by atoms with E-state index in [1.807, 2.05) is 0 Å². The van der Waals surface area contributed by atoms with E-state index in [2.05, 4.69) is 28.2 Å². The van der Waals surface area contributed by atoms with Gasteiger partial charge in [-0.05, 0) is 22.5 Å². The molecule has 0 aromatic heterocycles. The molecular formula is C13H16BrNO2. The molecule has 0 atom stereocenters. The highest BCUT2D eigenvalue weighted by atomic mass is 79.9. The molecule has 4 heteroatoms. The van der Waals surface area contributed by atoms with Gasteiger partial charge in [-0.1, -0.05) is 6.92 Å². The fourth-order valence-corrected chi connectivity index (χ4v) is 3.32. The SMILES string of the molecule is CCNCc1c2c(c(Br)c3c1OCC3)OCC2. The fraction of sp³-hybridized carbons (Fsp3) is 0.538. The predicted octanol–water partition coefficient (Wildman–Crippen LogP) is 2.43. The Morgan fingerprint density at radius 2 is 1.82 bits per heavy atom. The van der Waals surface area contributed by atoms with Crippen molar-refractivity contribution in [3.63, 3.8) is 0 Å². The Morgan fingerprint density at radius 1 is 1.12 bits per heavy atom. The van der Waals surface area contributed by atoms with Crippen LogP contribution < -0.4 is 14.8 Å². The molecule has 1 aromatic carbocycles. The van der Waals surface area contributed by atoms with Gasteiger partial charge in [0, 0.05) is 36.1 Å². The zero-order valence-corrected chi connectivity index (χ0v) is 11.5. The van der Waals surface area contributed by atoms with Crippen molar-refractivity contribution in [2.45, 2.75) is 26.3 Å². The molecule has 0 bridgehead atoms. The summed E-state index contributed by atoms with van der Waals surface area (Å²) in [5, 5.41) is 3.39. The molecule has 2 aliphatic rings. The summed E-state index contributed by atoms with van der Waals surface area (Å²) in [6, 6.07) is 0. The zero-order valence-electron chi connectivity index (χ0n) is 9.94. The van der Waals surface area contributed by atoms with E-state index in [1.165, 1.54) is 16.7 Å². The Balaban J connectivity index is 2.12. The maximum Gasteiger partial charge on any atom is 0.137 e. The van der Waals surface area contributed by atoms with Gasteiger partial charge in [0.2, 0.25) is 0 Å². The van der Waals surface area contributed by atoms with E-state index in [9.17, 15) is 0 Å². The molecule has 0 radical (unpaired) electrons. The molecule has 3 rings (SSSR count). The maximum atomic E-state index is 5.81. The molecule has 92 valence electrons. The van der Waals surface area contributed by atoms with Crippen molar-refractivity contribution >= 4 is 15.9 Å². The standard InChI is InChI=1S/C13H16BrNO2/c1-2-15-7-10-8-3-5-17-13(8)11(14)9-4-6-16-12(9)10/h15H,2-7H2,1H3. The Bertz CT molecular complexity index is 424. The van der Waals surface area contributed by atoms with Gasteiger partial charge in [0.25, 0.3) is 0 Å². The predicted molar refractivity (Wildman–Crippen MR) is 69.9 cm³/mol. The summed E-state index contributed by atoms with van der Waals surface area (Å²) in [6.45, 7) is 5.54. The number of hydrogen-bond acceptors (Lipinski definition) is 3. The zero-order chi connectivity index (χ0) is 11.8. The molecule has 3 nitrogen and oxygen atoms in total. The highest BCUT2D eigenvalue weighted by Crippen LogP contribution is 2.46. The second-order valence-electron chi connectivity index (χ2n) is 4.39. The fourth-order valence-electron chi connectivity index (χ4n) is 2.59. The van der Waals surface area contributed by atoms with Gasteiger partial charge >= 0.3 is 0 Å². The summed E-state index contributed by atoms with van der Waals surface area (Å²) in [7, 11) is 0. The van der Waals surface area contributed by atoms with E-state index < -0.39 is 0 Å². The van der Waals surface area contributed by atoms with Crippen molar-refractivity contribution in [1.29, 1.82) is 0 Å². The number of rotatable bonds is 3. The third-order valence-corrected chi connectivity index (χ3v) is 4.24. The molecule has 2 heterocycles. The molecule has 0 amide bonds. The molecular weight excluding hydrogens is 282 g/mol. The van der Waals surface area contributed by atoms with Crippen molar-refractivity contribution in [3.8, 4) is 11.5 Å². The van der Waals surface area contributed by atoms with Crippen LogP contribution in [-0.2, 0) is 19.4 Å². The summed E-state index contributed by atoms with van der Waals surface area (Å²) in [5.41, 5.74) is 3.90. The van der Waals surface area contributed by atoms with E-state index in [4.69, 9.17) is 9.47 Å². The molecule has 0 saturated heterocycles. The lowest BCUT2D eigenvalue weighted by Gasteiger charge is -2.15. The van der Waals surface area contributed by atoms with E-state index in [0.29, 0.717) is 0 Å². The largest absolute Gasteiger partial charge is 0.493 e. The monoisotopic (exact) mass is 297 g/mol. The number of fused-ring (bicyclic) bond motifs is 2. The van der Waals surface area contributed by atoms with Crippen LogP contribution in [0.3, 0.4) is 0 Å². The smallest absolute Gasteiger partial charge is 0.137 e. The van der Waals surface area contributed by atoms with Crippen molar-refractivity contribution < 1.29 is 9.47 Å². The van der Waals surface area contributed by atoms with Crippen molar-refractivity contribution in [2.75, 3.05) is 19.8 Å². The second-order valence-corrected chi connectivity index (χ2v) is 5.18. The first-order valence-electron chi connectivity index (χ1n) is 6.15. The van der Waals surface area contributed by atoms with Crippen LogP contribution in [-0.4, -0.2) is 19.8 Å². The first-order valence-corrected chi connectivity index (χ1v) is 6.94. The van der Waals surface area contributed by atoms with E-state index in [-0.39, 0.29) is 0 Å². The molecule has 0 spiro atoms. The average molecular weight is 298 g/mol. The Kier molecular flexibility index (Phi) is 3.01. The van der Waals surface area contributed by atoms with Crippen LogP contribution in [0.2, 0.25) is 0 Å². The first kappa shape index (κ1) is 11.4. The van der Waals surface area contributed by atoms with Crippen LogP contribution in [0.4, 0.5) is 0 Å². The van der Waals surface area contributed by atoms with Gasteiger partial charge in [-0.25, -0.2) is 0 Å². The van der Waals surface area contributed by atoms with Gasteiger partial charge in [0.05, 0.1) is 17.7 Å². The molecule has 0 unspecified atom stereocenters. The van der Waals surface area contributed by atoms with Crippen molar-refractivity contribution in [2.24, 2.45) is 0 Å². The summed E-state index contributed by atoms with van der Waals surface area (Å²) < 4.78 is 12.7. The van der Waals surface area contributed by atoms with Crippen LogP contribution in [0.1, 0.15) is 23.6 Å². The van der Waals surface area contributed by atoms with Gasteiger partial charge in [0.1, 0.15) is 11.5 Å². The molecule has 0 saturated carbocycles. The minimum absolute atomic E-state index is 0.788. The lowest BCUT2D eigenvalue weighted by molar-refractivity contribution is 0.352. The average Bonchev–Trinajstić information content (AvgIpc) is 2.97. The quantitative estimate of drug-likeness (QED) is 0.929. The van der Waals surface area contributed by atoms with Crippen LogP contribution >= 0.6 is 15.9 Å². The first-order chi connectivity index (χ1) is 8.33. The topological polar surface area (TPSA) is 30.5 Å². The molecule has 2 aliphatic heterocycles. The van der Waals surface area contributed by atoms with Crippen molar-refractivity contribution in [1.82, 2.24) is 5.32 Å². The highest BCUT2D eigenvalue weighted by Gasteiger charge is 2.29. The highest BCUT2D eigenvalue weighted by molar-refractivity contribution is 9.10. The number of halogens is 1. The second kappa shape index (κ2) is 4.50. The third kappa shape index (κ3) is 1.74. The number of ether oxygens (including phenoxy) is 2. The Labute approximate surface area is 110 Å². The van der Waals surface area contributed by atoms with Crippen LogP contribution in [0.25, 0.3) is 0 Å². The molecule has 0 fully saturated rings. The summed E-state index contributed by atoms with van der Waals surface area (Å²) in [6.07, 6.45) is 1.97. The molecule has 1 N–H and O–H groups in total. The summed E-state index contributed by atoms with van der Waals surface area (Å²) in [4.78, 5) is 0. The van der Waals surface area contributed by atoms with Crippen LogP contribution in [0, 0.1) is 0 Å². The normalized spacial score (nSPS) is 16.4. The lowest BCUT2D eigenvalue weighted by atomic mass is 9.99. The summed E-state index contributed by atoms with van der Waals surface area (Å²) >= 11 is 3.66. The van der Waals surface area contributed by atoms with Crippen LogP contribution in [0.15, 0.2) is 4.47 Å². The number of hydrogen-bond donors (Lipinski definition) is 1. The summed E-state index contributed by atoms with van der Waals surface area (Å²) in [5.74, 6) is 2.13. The van der Waals surface area contributed by atoms with Gasteiger partial charge in [0.15, 0.2) is 0 Å². The van der Waals surface area contributed by atoms with Gasteiger partial charge in [-0.15, -0.1) is 0 Å². The molecule has 0 aliphatic carbocycles.